The first-order valence-corrected chi connectivity index (χ1v) is 10.3. The molecule has 2 rings (SSSR count). The van der Waals surface area contributed by atoms with E-state index in [2.05, 4.69) is 53.8 Å². The van der Waals surface area contributed by atoms with Gasteiger partial charge in [-0.05, 0) is 58.5 Å². The Balaban J connectivity index is 0.00000450. The van der Waals surface area contributed by atoms with Crippen LogP contribution in [0.25, 0.3) is 0 Å². The number of guanidine groups is 1. The molecule has 7 heteroatoms. The molecule has 0 fully saturated rings. The van der Waals surface area contributed by atoms with Crippen LogP contribution in [-0.2, 0) is 18.7 Å². The molecule has 0 aliphatic carbocycles. The Morgan fingerprint density at radius 2 is 1.87 bits per heavy atom. The summed E-state index contributed by atoms with van der Waals surface area (Å²) >= 11 is 0. The van der Waals surface area contributed by atoms with Crippen molar-refractivity contribution in [3.05, 3.63) is 58.5 Å². The monoisotopic (exact) mass is 528 g/mol. The van der Waals surface area contributed by atoms with Gasteiger partial charge in [0.05, 0.1) is 13.1 Å². The van der Waals surface area contributed by atoms with E-state index in [-0.39, 0.29) is 24.0 Å². The Labute approximate surface area is 198 Å². The zero-order chi connectivity index (χ0) is 21.4. The van der Waals surface area contributed by atoms with Gasteiger partial charge in [0, 0.05) is 18.7 Å². The summed E-state index contributed by atoms with van der Waals surface area (Å²) < 4.78 is 5.57. The van der Waals surface area contributed by atoms with Crippen LogP contribution in [0.2, 0.25) is 0 Å². The van der Waals surface area contributed by atoms with Gasteiger partial charge in [-0.3, -0.25) is 0 Å². The molecule has 0 saturated heterocycles. The minimum atomic E-state index is -1.05. The molecule has 1 atom stereocenters. The van der Waals surface area contributed by atoms with E-state index in [1.807, 2.05) is 26.8 Å². The summed E-state index contributed by atoms with van der Waals surface area (Å²) in [6.07, 6.45) is 0. The summed E-state index contributed by atoms with van der Waals surface area (Å²) in [5.41, 5.74) is 2.19. The summed E-state index contributed by atoms with van der Waals surface area (Å²) in [6, 6.07) is 10.4. The second kappa shape index (κ2) is 12.3. The number of hydrogen-bond acceptors (Lipinski definition) is 4. The summed E-state index contributed by atoms with van der Waals surface area (Å²) in [6.45, 7) is 13.3. The molecule has 1 aromatic carbocycles. The van der Waals surface area contributed by atoms with Crippen LogP contribution in [0.1, 0.15) is 49.0 Å². The van der Waals surface area contributed by atoms with Crippen molar-refractivity contribution < 1.29 is 9.52 Å². The van der Waals surface area contributed by atoms with E-state index >= 15 is 0 Å². The van der Waals surface area contributed by atoms with E-state index < -0.39 is 5.60 Å². The van der Waals surface area contributed by atoms with Crippen molar-refractivity contribution in [2.24, 2.45) is 4.99 Å². The molecule has 0 spiro atoms. The molecule has 2 aromatic rings. The maximum Gasteiger partial charge on any atom is 0.191 e. The zero-order valence-corrected chi connectivity index (χ0v) is 21.4. The highest BCUT2D eigenvalue weighted by Gasteiger charge is 2.27. The molecular formula is C23H37IN4O2. The van der Waals surface area contributed by atoms with Gasteiger partial charge in [-0.15, -0.1) is 24.0 Å². The Hall–Kier alpha value is -1.58. The third-order valence-corrected chi connectivity index (χ3v) is 4.97. The maximum absolute atomic E-state index is 10.9. The van der Waals surface area contributed by atoms with E-state index in [1.165, 1.54) is 5.56 Å². The number of furan rings is 1. The molecule has 1 aromatic heterocycles. The quantitative estimate of drug-likeness (QED) is 0.262. The highest BCUT2D eigenvalue weighted by molar-refractivity contribution is 14.0. The first kappa shape index (κ1) is 26.5. The molecule has 1 unspecified atom stereocenters. The summed E-state index contributed by atoms with van der Waals surface area (Å²) in [7, 11) is 2.12. The largest absolute Gasteiger partial charge is 0.466 e. The van der Waals surface area contributed by atoms with Gasteiger partial charge in [-0.25, -0.2) is 4.99 Å². The first-order valence-electron chi connectivity index (χ1n) is 10.3. The van der Waals surface area contributed by atoms with Crippen LogP contribution in [0.3, 0.4) is 0 Å². The van der Waals surface area contributed by atoms with Crippen molar-refractivity contribution in [1.29, 1.82) is 0 Å². The van der Waals surface area contributed by atoms with Gasteiger partial charge >= 0.3 is 0 Å². The van der Waals surface area contributed by atoms with Crippen molar-refractivity contribution in [3.8, 4) is 0 Å². The number of aliphatic hydroxyl groups is 1. The number of aryl methyl sites for hydroxylation is 2. The molecular weight excluding hydrogens is 491 g/mol. The van der Waals surface area contributed by atoms with Crippen LogP contribution < -0.4 is 10.6 Å². The third-order valence-electron chi connectivity index (χ3n) is 4.97. The number of hydrogen-bond donors (Lipinski definition) is 3. The van der Waals surface area contributed by atoms with Crippen molar-refractivity contribution in [2.75, 3.05) is 26.7 Å². The van der Waals surface area contributed by atoms with Crippen molar-refractivity contribution in [2.45, 2.75) is 53.3 Å². The lowest BCUT2D eigenvalue weighted by atomic mass is 9.96. The van der Waals surface area contributed by atoms with Gasteiger partial charge in [0.1, 0.15) is 17.1 Å². The van der Waals surface area contributed by atoms with Crippen LogP contribution >= 0.6 is 24.0 Å². The lowest BCUT2D eigenvalue weighted by Crippen LogP contribution is -2.44. The number of aliphatic imine (C=N–C) groups is 1. The highest BCUT2D eigenvalue weighted by Crippen LogP contribution is 2.26. The molecule has 0 saturated carbocycles. The van der Waals surface area contributed by atoms with Crippen LogP contribution in [0, 0.1) is 13.8 Å². The van der Waals surface area contributed by atoms with Gasteiger partial charge in [-0.2, -0.15) is 0 Å². The van der Waals surface area contributed by atoms with Crippen molar-refractivity contribution in [1.82, 2.24) is 15.5 Å². The molecule has 0 aliphatic rings. The van der Waals surface area contributed by atoms with Gasteiger partial charge in [-0.1, -0.05) is 31.2 Å². The van der Waals surface area contributed by atoms with E-state index in [9.17, 15) is 5.11 Å². The fourth-order valence-electron chi connectivity index (χ4n) is 3.28. The van der Waals surface area contributed by atoms with Crippen molar-refractivity contribution >= 4 is 29.9 Å². The molecule has 6 nitrogen and oxygen atoms in total. The van der Waals surface area contributed by atoms with Crippen LogP contribution in [-0.4, -0.2) is 42.6 Å². The second-order valence-corrected chi connectivity index (χ2v) is 7.80. The maximum atomic E-state index is 10.9. The van der Waals surface area contributed by atoms with E-state index in [0.717, 1.165) is 42.3 Å². The number of halogens is 1. The minimum Gasteiger partial charge on any atom is -0.466 e. The molecule has 3 N–H and O–H groups in total. The SMILES string of the molecule is CCNC(=NCc1cccc(CN(C)CC)c1)NCC(C)(O)c1cc(C)oc1C.I. The molecule has 0 aliphatic heterocycles. The molecule has 30 heavy (non-hydrogen) atoms. The van der Waals surface area contributed by atoms with Crippen LogP contribution in [0.15, 0.2) is 39.7 Å². The number of nitrogens with one attached hydrogen (secondary N) is 2. The normalized spacial score (nSPS) is 13.7. The van der Waals surface area contributed by atoms with Gasteiger partial charge in [0.2, 0.25) is 0 Å². The van der Waals surface area contributed by atoms with E-state index in [1.54, 1.807) is 6.92 Å². The van der Waals surface area contributed by atoms with Gasteiger partial charge in [0.15, 0.2) is 5.96 Å². The van der Waals surface area contributed by atoms with Gasteiger partial charge in [0.25, 0.3) is 0 Å². The van der Waals surface area contributed by atoms with Crippen LogP contribution in [0.4, 0.5) is 0 Å². The number of rotatable bonds is 9. The van der Waals surface area contributed by atoms with Crippen LogP contribution in [0.5, 0.6) is 0 Å². The van der Waals surface area contributed by atoms with Crippen molar-refractivity contribution in [3.63, 3.8) is 0 Å². The molecule has 168 valence electrons. The second-order valence-electron chi connectivity index (χ2n) is 7.80. The topological polar surface area (TPSA) is 73.0 Å². The first-order chi connectivity index (χ1) is 13.7. The lowest BCUT2D eigenvalue weighted by molar-refractivity contribution is 0.0601. The Bertz CT molecular complexity index is 817. The summed E-state index contributed by atoms with van der Waals surface area (Å²) in [4.78, 5) is 6.97. The molecule has 1 heterocycles. The smallest absolute Gasteiger partial charge is 0.191 e. The number of nitrogens with zero attached hydrogens (tertiary/aromatic N) is 2. The minimum absolute atomic E-state index is 0. The van der Waals surface area contributed by atoms with Gasteiger partial charge < -0.3 is 25.1 Å². The predicted octanol–water partition coefficient (Wildman–Crippen LogP) is 3.93. The molecule has 0 radical (unpaired) electrons. The molecule has 0 bridgehead atoms. The average molecular weight is 528 g/mol. The number of benzene rings is 1. The molecule has 0 amide bonds. The fourth-order valence-corrected chi connectivity index (χ4v) is 3.28. The zero-order valence-electron chi connectivity index (χ0n) is 19.1. The Morgan fingerprint density at radius 1 is 1.17 bits per heavy atom. The lowest BCUT2D eigenvalue weighted by Gasteiger charge is -2.24. The Kier molecular flexibility index (Phi) is 10.9. The average Bonchev–Trinajstić information content (AvgIpc) is 3.03. The highest BCUT2D eigenvalue weighted by atomic mass is 127. The fraction of sp³-hybridized carbons (Fsp3) is 0.522. The summed E-state index contributed by atoms with van der Waals surface area (Å²) in [5.74, 6) is 2.22. The predicted molar refractivity (Wildman–Crippen MR) is 134 cm³/mol. The van der Waals surface area contributed by atoms with E-state index in [0.29, 0.717) is 19.0 Å². The van der Waals surface area contributed by atoms with E-state index in [4.69, 9.17) is 9.41 Å². The third kappa shape index (κ3) is 7.92. The standard InChI is InChI=1S/C23H36N4O2.HI/c1-7-24-22(26-16-23(5,28)21-12-17(3)29-18(21)4)25-14-19-10-9-11-20(13-19)15-27(6)8-2;/h9-13,28H,7-8,14-16H2,1-6H3,(H2,24,25,26);1H. The Morgan fingerprint density at radius 3 is 2.47 bits per heavy atom. The summed E-state index contributed by atoms with van der Waals surface area (Å²) in [5, 5.41) is 17.4.